The summed E-state index contributed by atoms with van der Waals surface area (Å²) in [5.74, 6) is 0.910. The maximum Gasteiger partial charge on any atom is 0.275 e. The maximum atomic E-state index is 12.8. The molecule has 2 unspecified atom stereocenters. The van der Waals surface area contributed by atoms with Gasteiger partial charge in [-0.2, -0.15) is 0 Å². The topological polar surface area (TPSA) is 78.4 Å². The predicted octanol–water partition coefficient (Wildman–Crippen LogP) is 2.02. The van der Waals surface area contributed by atoms with Crippen molar-refractivity contribution in [3.8, 4) is 0 Å². The molecule has 8 heteroatoms. The molecule has 0 spiro atoms. The Morgan fingerprint density at radius 1 is 1.07 bits per heavy atom. The van der Waals surface area contributed by atoms with E-state index in [0.717, 1.165) is 26.2 Å². The number of amides is 2. The molecule has 0 radical (unpaired) electrons. The fourth-order valence-electron chi connectivity index (χ4n) is 3.87. The van der Waals surface area contributed by atoms with Gasteiger partial charge in [-0.3, -0.25) is 9.59 Å². The summed E-state index contributed by atoms with van der Waals surface area (Å²) in [6.45, 7) is 3.60. The molecule has 140 valence electrons. The van der Waals surface area contributed by atoms with Gasteiger partial charge in [-0.25, -0.2) is 9.97 Å². The summed E-state index contributed by atoms with van der Waals surface area (Å²) < 4.78 is 0. The molecule has 2 aromatic rings. The number of nitrogens with one attached hydrogen (secondary N) is 1. The van der Waals surface area contributed by atoms with Gasteiger partial charge in [0.1, 0.15) is 17.2 Å². The number of carbonyl (C=O) groups is 2. The highest BCUT2D eigenvalue weighted by atomic mass is 35.5. The molecule has 2 atom stereocenters. The van der Waals surface area contributed by atoms with Crippen molar-refractivity contribution in [1.82, 2.24) is 19.8 Å². The van der Waals surface area contributed by atoms with E-state index in [1.54, 1.807) is 24.3 Å². The van der Waals surface area contributed by atoms with Crippen molar-refractivity contribution in [1.29, 1.82) is 0 Å². The van der Waals surface area contributed by atoms with E-state index in [1.165, 1.54) is 12.3 Å². The third-order valence-corrected chi connectivity index (χ3v) is 5.35. The number of anilines is 1. The number of pyridine rings is 2. The minimum absolute atomic E-state index is 0.0900. The Hall–Kier alpha value is -2.51. The number of halogens is 1. The SMILES string of the molecule is CN1CC2CN(C(=O)c3cccc(NC(=O)c4ccc(Cl)cn4)n3)CC2C1. The van der Waals surface area contributed by atoms with Crippen molar-refractivity contribution in [2.24, 2.45) is 11.8 Å². The van der Waals surface area contributed by atoms with Crippen LogP contribution in [0.5, 0.6) is 0 Å². The van der Waals surface area contributed by atoms with Crippen molar-refractivity contribution in [3.63, 3.8) is 0 Å². The number of rotatable bonds is 3. The summed E-state index contributed by atoms with van der Waals surface area (Å²) in [4.78, 5) is 37.6. The first-order valence-electron chi connectivity index (χ1n) is 8.87. The molecular formula is C19H20ClN5O2. The Balaban J connectivity index is 1.44. The Morgan fingerprint density at radius 3 is 2.48 bits per heavy atom. The van der Waals surface area contributed by atoms with Crippen molar-refractivity contribution in [2.45, 2.75) is 0 Å². The fraction of sp³-hybridized carbons (Fsp3) is 0.368. The van der Waals surface area contributed by atoms with E-state index in [0.29, 0.717) is 28.4 Å². The maximum absolute atomic E-state index is 12.8. The normalized spacial score (nSPS) is 21.9. The number of likely N-dealkylation sites (tertiary alicyclic amines) is 2. The summed E-state index contributed by atoms with van der Waals surface area (Å²) in [6.07, 6.45) is 1.41. The third-order valence-electron chi connectivity index (χ3n) is 5.13. The number of fused-ring (bicyclic) bond motifs is 1. The van der Waals surface area contributed by atoms with Gasteiger partial charge in [0.05, 0.1) is 5.02 Å². The van der Waals surface area contributed by atoms with Crippen LogP contribution in [-0.2, 0) is 0 Å². The molecule has 0 saturated carbocycles. The van der Waals surface area contributed by atoms with Crippen LogP contribution in [0.3, 0.4) is 0 Å². The molecule has 4 heterocycles. The molecular weight excluding hydrogens is 366 g/mol. The summed E-state index contributed by atoms with van der Waals surface area (Å²) in [5.41, 5.74) is 0.569. The van der Waals surface area contributed by atoms with E-state index < -0.39 is 5.91 Å². The van der Waals surface area contributed by atoms with E-state index in [2.05, 4.69) is 27.2 Å². The lowest BCUT2D eigenvalue weighted by molar-refractivity contribution is 0.0770. The first-order chi connectivity index (χ1) is 13.0. The van der Waals surface area contributed by atoms with Gasteiger partial charge in [0.25, 0.3) is 11.8 Å². The predicted molar refractivity (Wildman–Crippen MR) is 102 cm³/mol. The molecule has 2 aromatic heterocycles. The summed E-state index contributed by atoms with van der Waals surface area (Å²) in [5, 5.41) is 3.13. The molecule has 27 heavy (non-hydrogen) atoms. The highest BCUT2D eigenvalue weighted by molar-refractivity contribution is 6.30. The monoisotopic (exact) mass is 385 g/mol. The quantitative estimate of drug-likeness (QED) is 0.874. The zero-order chi connectivity index (χ0) is 19.0. The van der Waals surface area contributed by atoms with Gasteiger partial charge in [0.15, 0.2) is 0 Å². The van der Waals surface area contributed by atoms with Gasteiger partial charge < -0.3 is 15.1 Å². The van der Waals surface area contributed by atoms with Crippen LogP contribution in [0.1, 0.15) is 21.0 Å². The molecule has 0 aliphatic carbocycles. The van der Waals surface area contributed by atoms with E-state index >= 15 is 0 Å². The molecule has 2 aliphatic rings. The summed E-state index contributed by atoms with van der Waals surface area (Å²) >= 11 is 5.79. The smallest absolute Gasteiger partial charge is 0.275 e. The Labute approximate surface area is 162 Å². The Bertz CT molecular complexity index is 859. The third kappa shape index (κ3) is 3.79. The molecule has 2 aliphatic heterocycles. The molecule has 0 aromatic carbocycles. The number of hydrogen-bond acceptors (Lipinski definition) is 5. The van der Waals surface area contributed by atoms with Crippen molar-refractivity contribution in [2.75, 3.05) is 38.5 Å². The lowest BCUT2D eigenvalue weighted by atomic mass is 10.0. The van der Waals surface area contributed by atoms with E-state index in [4.69, 9.17) is 11.6 Å². The minimum Gasteiger partial charge on any atom is -0.337 e. The molecule has 7 nitrogen and oxygen atoms in total. The van der Waals surface area contributed by atoms with Gasteiger partial charge >= 0.3 is 0 Å². The van der Waals surface area contributed by atoms with Crippen LogP contribution in [0.2, 0.25) is 5.02 Å². The van der Waals surface area contributed by atoms with Gasteiger partial charge in [-0.05, 0) is 43.1 Å². The van der Waals surface area contributed by atoms with Crippen LogP contribution < -0.4 is 5.32 Å². The van der Waals surface area contributed by atoms with Gasteiger partial charge in [0, 0.05) is 32.4 Å². The molecule has 1 N–H and O–H groups in total. The molecule has 2 fully saturated rings. The number of carbonyl (C=O) groups excluding carboxylic acids is 2. The second-order valence-corrected chi connectivity index (χ2v) is 7.61. The fourth-order valence-corrected chi connectivity index (χ4v) is 3.98. The number of aromatic nitrogens is 2. The summed E-state index contributed by atoms with van der Waals surface area (Å²) in [7, 11) is 2.12. The highest BCUT2D eigenvalue weighted by Crippen LogP contribution is 2.30. The van der Waals surface area contributed by atoms with Crippen LogP contribution in [-0.4, -0.2) is 64.8 Å². The first-order valence-corrected chi connectivity index (χ1v) is 9.25. The second kappa shape index (κ2) is 7.25. The lowest BCUT2D eigenvalue weighted by Crippen LogP contribution is -2.33. The Morgan fingerprint density at radius 2 is 1.81 bits per heavy atom. The average molecular weight is 386 g/mol. The first kappa shape index (κ1) is 17.9. The van der Waals surface area contributed by atoms with Crippen molar-refractivity contribution >= 4 is 29.2 Å². The molecule has 2 amide bonds. The molecule has 2 saturated heterocycles. The van der Waals surface area contributed by atoms with Crippen LogP contribution in [0.4, 0.5) is 5.82 Å². The van der Waals surface area contributed by atoms with Crippen molar-refractivity contribution < 1.29 is 9.59 Å². The van der Waals surface area contributed by atoms with Crippen LogP contribution in [0.15, 0.2) is 36.5 Å². The highest BCUT2D eigenvalue weighted by Gasteiger charge is 2.40. The van der Waals surface area contributed by atoms with Gasteiger partial charge in [0.2, 0.25) is 0 Å². The zero-order valence-electron chi connectivity index (χ0n) is 14.9. The van der Waals surface area contributed by atoms with E-state index in [1.807, 2.05) is 4.90 Å². The standard InChI is InChI=1S/C19H20ClN5O2/c1-24-8-12-10-25(11-13(12)9-24)19(27)16-3-2-4-17(22-16)23-18(26)15-6-5-14(20)7-21-15/h2-7,12-13H,8-11H2,1H3,(H,22,23,26). The number of nitrogens with zero attached hydrogens (tertiary/aromatic N) is 4. The van der Waals surface area contributed by atoms with E-state index in [-0.39, 0.29) is 11.6 Å². The van der Waals surface area contributed by atoms with Gasteiger partial charge in [-0.1, -0.05) is 17.7 Å². The molecule has 0 bridgehead atoms. The van der Waals surface area contributed by atoms with Crippen LogP contribution >= 0.6 is 11.6 Å². The van der Waals surface area contributed by atoms with E-state index in [9.17, 15) is 9.59 Å². The van der Waals surface area contributed by atoms with Gasteiger partial charge in [-0.15, -0.1) is 0 Å². The zero-order valence-corrected chi connectivity index (χ0v) is 15.7. The van der Waals surface area contributed by atoms with Crippen molar-refractivity contribution in [3.05, 3.63) is 52.9 Å². The average Bonchev–Trinajstić information content (AvgIpc) is 3.19. The lowest BCUT2D eigenvalue weighted by Gasteiger charge is -2.19. The Kier molecular flexibility index (Phi) is 4.80. The van der Waals surface area contributed by atoms with Crippen LogP contribution in [0, 0.1) is 11.8 Å². The number of hydrogen-bond donors (Lipinski definition) is 1. The largest absolute Gasteiger partial charge is 0.337 e. The molecule has 4 rings (SSSR count). The van der Waals surface area contributed by atoms with Crippen LogP contribution in [0.25, 0.3) is 0 Å². The summed E-state index contributed by atoms with van der Waals surface area (Å²) in [6, 6.07) is 8.18. The minimum atomic E-state index is -0.400. The second-order valence-electron chi connectivity index (χ2n) is 7.18.